The van der Waals surface area contributed by atoms with E-state index in [-0.39, 0.29) is 33.2 Å². The minimum absolute atomic E-state index is 0.0324. The summed E-state index contributed by atoms with van der Waals surface area (Å²) in [6.07, 6.45) is 0. The predicted molar refractivity (Wildman–Crippen MR) is 264 cm³/mol. The lowest BCUT2D eigenvalue weighted by Crippen LogP contribution is -2.25. The molecule has 78 heavy (non-hydrogen) atoms. The van der Waals surface area contributed by atoms with E-state index in [1.54, 1.807) is 0 Å². The van der Waals surface area contributed by atoms with E-state index in [0.29, 0.717) is 24.3 Å². The standard InChI is InChI=1S/C38H26Cl2N16O17S5/c39-33-45-35(41)49-37(47-33)43-22-12-19(74(59,60)61)7-14-9-25(77(68,69)70)29(31(57)27(14)22)55-52-17-3-1-16(2-4-17)51-54-21-6-5-18(11-24(21)76(65,66)67)53-56-30-26(78(71,72)73)10-15-8-20(75(62,63)64)13-23(28(15)32(30)58)44-38-48-34(40)46-36(42)50-38/h1-13,57-58H,(H,59,60,61)(H,62,63,64)(H,65,66,67)(H,68,69,70)(H,71,72,73)(H3,41,43,45,47,49)(H3,42,44,46,48,50). The lowest BCUT2D eigenvalue weighted by Gasteiger charge is -2.12. The number of nitrogens with one attached hydrogen (secondary N) is 6. The summed E-state index contributed by atoms with van der Waals surface area (Å²) in [6.45, 7) is 0. The summed E-state index contributed by atoms with van der Waals surface area (Å²) in [6, 6.07) is 11.8. The Labute approximate surface area is 442 Å². The molecule has 8 aromatic rings. The van der Waals surface area contributed by atoms with Crippen LogP contribution in [-0.4, -0.2) is 105 Å². The van der Waals surface area contributed by atoms with E-state index in [9.17, 15) is 75.1 Å². The first-order chi connectivity index (χ1) is 36.2. The fourth-order valence-electron chi connectivity index (χ4n) is 6.85. The van der Waals surface area contributed by atoms with Crippen LogP contribution in [0.15, 0.2) is 144 Å². The van der Waals surface area contributed by atoms with Crippen LogP contribution in [0.25, 0.3) is 21.5 Å². The van der Waals surface area contributed by atoms with E-state index in [0.717, 1.165) is 30.3 Å². The molecule has 13 N–H and O–H groups in total. The SMILES string of the molecule is N=c1nc(Cl)[nH]c(=Nc2cc(S(=O)(=O)O)cc3cc(S(=O)(=O)O)c(N=Nc4ccc(N=Nc5ccc(N=Nc6c(S(=O)(=O)O)cc7cc(S(=O)(=O)O)cc(N=c8[nH]c(Cl)nc(=N)[nH]8)c7c6O)cc5S(=O)(=O)O)cc4)c(O)c23)[nH]1. The molecule has 0 atom stereocenters. The number of phenols is 2. The number of nitrogens with zero attached hydrogens (tertiary/aromatic N) is 10. The predicted octanol–water partition coefficient (Wildman–Crippen LogP) is 5.72. The van der Waals surface area contributed by atoms with Gasteiger partial charge in [0.15, 0.2) is 11.5 Å². The summed E-state index contributed by atoms with van der Waals surface area (Å²) in [5.74, 6) is -2.16. The number of hydrogen-bond donors (Lipinski definition) is 13. The second-order valence-corrected chi connectivity index (χ2v) is 23.0. The van der Waals surface area contributed by atoms with Gasteiger partial charge in [-0.2, -0.15) is 67.4 Å². The summed E-state index contributed by atoms with van der Waals surface area (Å²) >= 11 is 11.7. The van der Waals surface area contributed by atoms with Gasteiger partial charge in [-0.05, 0) is 113 Å². The van der Waals surface area contributed by atoms with Crippen molar-refractivity contribution < 1.29 is 75.1 Å². The van der Waals surface area contributed by atoms with Gasteiger partial charge in [-0.25, -0.2) is 9.98 Å². The van der Waals surface area contributed by atoms with Crippen molar-refractivity contribution in [2.24, 2.45) is 40.7 Å². The van der Waals surface area contributed by atoms with Crippen LogP contribution in [0.3, 0.4) is 0 Å². The molecule has 0 saturated carbocycles. The van der Waals surface area contributed by atoms with Crippen molar-refractivity contribution in [1.29, 1.82) is 10.8 Å². The first-order valence-corrected chi connectivity index (χ1v) is 28.1. The van der Waals surface area contributed by atoms with Crippen LogP contribution in [0.2, 0.25) is 10.6 Å². The van der Waals surface area contributed by atoms with Crippen molar-refractivity contribution in [3.8, 4) is 11.5 Å². The van der Waals surface area contributed by atoms with E-state index in [1.807, 2.05) is 0 Å². The molecule has 6 aromatic carbocycles. The van der Waals surface area contributed by atoms with Crippen molar-refractivity contribution in [1.82, 2.24) is 29.9 Å². The summed E-state index contributed by atoms with van der Waals surface area (Å²) in [7, 11) is -25.9. The van der Waals surface area contributed by atoms with Gasteiger partial charge in [0.25, 0.3) is 50.6 Å². The first-order valence-electron chi connectivity index (χ1n) is 20.2. The monoisotopic (exact) mass is 1210 g/mol. The molecule has 0 saturated heterocycles. The van der Waals surface area contributed by atoms with E-state index in [4.69, 9.17) is 34.0 Å². The van der Waals surface area contributed by atoms with Crippen LogP contribution < -0.4 is 22.5 Å². The van der Waals surface area contributed by atoms with Gasteiger partial charge >= 0.3 is 0 Å². The van der Waals surface area contributed by atoms with Crippen molar-refractivity contribution in [3.63, 3.8) is 0 Å². The van der Waals surface area contributed by atoms with Crippen LogP contribution in [0.1, 0.15) is 0 Å². The first kappa shape index (κ1) is 55.8. The third-order valence-electron chi connectivity index (χ3n) is 10.0. The molecule has 2 heterocycles. The quantitative estimate of drug-likeness (QED) is 0.0485. The topological polar surface area (TPSA) is 548 Å². The maximum Gasteiger partial charge on any atom is 0.296 e. The minimum atomic E-state index is -5.38. The molecule has 40 heteroatoms. The zero-order valence-electron chi connectivity index (χ0n) is 37.5. The van der Waals surface area contributed by atoms with Gasteiger partial charge in [0, 0.05) is 0 Å². The number of H-pyrrole nitrogens is 4. The number of rotatable bonds is 13. The van der Waals surface area contributed by atoms with Gasteiger partial charge in [0.2, 0.25) is 33.0 Å². The maximum atomic E-state index is 12.6. The second-order valence-electron chi connectivity index (χ2n) is 15.3. The van der Waals surface area contributed by atoms with Crippen molar-refractivity contribution in [2.75, 3.05) is 0 Å². The number of phenolic OH excluding ortho intramolecular Hbond substituents is 2. The number of aromatic nitrogens is 6. The zero-order valence-corrected chi connectivity index (χ0v) is 43.1. The summed E-state index contributed by atoms with van der Waals surface area (Å²) in [5, 5.41) is 58.8. The molecule has 8 rings (SSSR count). The van der Waals surface area contributed by atoms with Gasteiger partial charge in [-0.1, -0.05) is 0 Å². The van der Waals surface area contributed by atoms with Crippen LogP contribution in [0.4, 0.5) is 45.5 Å². The van der Waals surface area contributed by atoms with E-state index < -0.39 is 153 Å². The van der Waals surface area contributed by atoms with E-state index in [2.05, 4.69) is 70.6 Å². The van der Waals surface area contributed by atoms with Gasteiger partial charge in [0.05, 0.1) is 49.0 Å². The van der Waals surface area contributed by atoms with Crippen LogP contribution in [0.5, 0.6) is 11.5 Å². The fraction of sp³-hybridized carbons (Fsp3) is 0. The van der Waals surface area contributed by atoms with E-state index in [1.165, 1.54) is 24.3 Å². The Bertz CT molecular complexity index is 4880. The minimum Gasteiger partial charge on any atom is -0.505 e. The Balaban J connectivity index is 1.14. The lowest BCUT2D eigenvalue weighted by atomic mass is 10.1. The number of halogens is 2. The van der Waals surface area contributed by atoms with Crippen molar-refractivity contribution in [3.05, 3.63) is 112 Å². The highest BCUT2D eigenvalue weighted by Crippen LogP contribution is 2.48. The Morgan fingerprint density at radius 2 is 0.795 bits per heavy atom. The maximum absolute atomic E-state index is 12.6. The highest BCUT2D eigenvalue weighted by atomic mass is 35.5. The normalized spacial score (nSPS) is 13.5. The van der Waals surface area contributed by atoms with Crippen LogP contribution in [0, 0.1) is 10.8 Å². The van der Waals surface area contributed by atoms with Gasteiger partial charge in [0.1, 0.15) is 31.7 Å². The average Bonchev–Trinajstić information content (AvgIpc) is 3.53. The van der Waals surface area contributed by atoms with Crippen molar-refractivity contribution in [2.45, 2.75) is 24.5 Å². The van der Waals surface area contributed by atoms with Crippen molar-refractivity contribution >= 4 is 141 Å². The lowest BCUT2D eigenvalue weighted by molar-refractivity contribution is 0.471. The number of aromatic hydroxyl groups is 2. The molecule has 2 aromatic heterocycles. The molecular weight excluding hydrogens is 1180 g/mol. The Kier molecular flexibility index (Phi) is 14.7. The second kappa shape index (κ2) is 20.5. The molecule has 0 aliphatic heterocycles. The zero-order chi connectivity index (χ0) is 57.0. The number of benzene rings is 6. The third-order valence-corrected chi connectivity index (χ3v) is 14.7. The molecule has 0 unspecified atom stereocenters. The number of hydrogen-bond acceptors (Lipinski definition) is 24. The molecule has 0 fully saturated rings. The molecule has 404 valence electrons. The molecular formula is C38H26Cl2N16O17S5. The number of fused-ring (bicyclic) bond motifs is 2. The van der Waals surface area contributed by atoms with Gasteiger partial charge in [-0.15, -0.1) is 15.3 Å². The molecule has 0 bridgehead atoms. The number of aromatic amines is 4. The molecule has 0 aliphatic carbocycles. The molecule has 0 spiro atoms. The Morgan fingerprint density at radius 3 is 1.17 bits per heavy atom. The summed E-state index contributed by atoms with van der Waals surface area (Å²) in [5.41, 5.74) is -5.85. The fourth-order valence-corrected chi connectivity index (χ4v) is 10.2. The summed E-state index contributed by atoms with van der Waals surface area (Å²) < 4.78 is 174. The Hall–Kier alpha value is -8.41. The van der Waals surface area contributed by atoms with E-state index >= 15 is 0 Å². The van der Waals surface area contributed by atoms with Crippen LogP contribution in [-0.2, 0) is 50.6 Å². The average molecular weight is 1210 g/mol. The Morgan fingerprint density at radius 1 is 0.423 bits per heavy atom. The highest BCUT2D eigenvalue weighted by molar-refractivity contribution is 7.87. The molecule has 0 aliphatic rings. The van der Waals surface area contributed by atoms with Gasteiger partial charge < -0.3 is 20.2 Å². The molecule has 0 amide bonds. The molecule has 33 nitrogen and oxygen atoms in total. The van der Waals surface area contributed by atoms with Crippen LogP contribution >= 0.6 is 23.2 Å². The molecule has 0 radical (unpaired) electrons. The summed E-state index contributed by atoms with van der Waals surface area (Å²) in [4.78, 5) is 19.9. The highest BCUT2D eigenvalue weighted by Gasteiger charge is 2.28. The number of azo groups is 3. The smallest absolute Gasteiger partial charge is 0.296 e. The third kappa shape index (κ3) is 12.4. The van der Waals surface area contributed by atoms with Gasteiger partial charge in [-0.3, -0.25) is 43.6 Å². The largest absolute Gasteiger partial charge is 0.505 e.